The minimum absolute atomic E-state index is 0.0921. The molecule has 3 aromatic rings. The van der Waals surface area contributed by atoms with Gasteiger partial charge in [0.05, 0.1) is 6.26 Å². The first-order chi connectivity index (χ1) is 13.5. The van der Waals surface area contributed by atoms with Gasteiger partial charge in [0.25, 0.3) is 11.8 Å². The van der Waals surface area contributed by atoms with Gasteiger partial charge in [-0.25, -0.2) is 0 Å². The maximum absolute atomic E-state index is 12.7. The molecule has 2 amide bonds. The first-order valence-corrected chi connectivity index (χ1v) is 9.05. The normalized spacial score (nSPS) is 11.1. The molecule has 2 N–H and O–H groups in total. The lowest BCUT2D eigenvalue weighted by Crippen LogP contribution is -2.34. The fraction of sp³-hybridized carbons (Fsp3) is 0.0909. The summed E-state index contributed by atoms with van der Waals surface area (Å²) >= 11 is 5.88. The van der Waals surface area contributed by atoms with Crippen molar-refractivity contribution in [2.45, 2.75) is 13.5 Å². The van der Waals surface area contributed by atoms with E-state index in [0.29, 0.717) is 22.9 Å². The van der Waals surface area contributed by atoms with Crippen LogP contribution in [0.4, 0.5) is 0 Å². The molecular weight excluding hydrogens is 376 g/mol. The molecule has 1 aromatic heterocycles. The summed E-state index contributed by atoms with van der Waals surface area (Å²) in [7, 11) is 0. The van der Waals surface area contributed by atoms with Crippen LogP contribution in [0.1, 0.15) is 27.2 Å². The van der Waals surface area contributed by atoms with Crippen molar-refractivity contribution >= 4 is 29.5 Å². The molecule has 3 rings (SSSR count). The monoisotopic (exact) mass is 394 g/mol. The highest BCUT2D eigenvalue weighted by Crippen LogP contribution is 2.11. The highest BCUT2D eigenvalue weighted by atomic mass is 35.5. The van der Waals surface area contributed by atoms with Crippen molar-refractivity contribution in [3.05, 3.63) is 100 Å². The summed E-state index contributed by atoms with van der Waals surface area (Å²) in [6.07, 6.45) is 2.99. The van der Waals surface area contributed by atoms with E-state index in [1.165, 1.54) is 12.3 Å². The Bertz CT molecular complexity index is 976. The van der Waals surface area contributed by atoms with Crippen LogP contribution in [0.25, 0.3) is 6.08 Å². The van der Waals surface area contributed by atoms with E-state index in [1.54, 1.807) is 36.4 Å². The number of halogens is 1. The van der Waals surface area contributed by atoms with Gasteiger partial charge in [-0.15, -0.1) is 0 Å². The molecule has 28 heavy (non-hydrogen) atoms. The van der Waals surface area contributed by atoms with Gasteiger partial charge >= 0.3 is 0 Å². The van der Waals surface area contributed by atoms with Gasteiger partial charge in [-0.1, -0.05) is 41.4 Å². The molecule has 0 saturated heterocycles. The second-order valence-electron chi connectivity index (χ2n) is 6.20. The molecular formula is C22H19ClN2O3. The van der Waals surface area contributed by atoms with Crippen LogP contribution < -0.4 is 10.6 Å². The van der Waals surface area contributed by atoms with Gasteiger partial charge in [0.15, 0.2) is 0 Å². The summed E-state index contributed by atoms with van der Waals surface area (Å²) in [5.74, 6) is -0.341. The van der Waals surface area contributed by atoms with Crippen LogP contribution in [0.3, 0.4) is 0 Å². The molecule has 0 fully saturated rings. The van der Waals surface area contributed by atoms with Gasteiger partial charge in [-0.05, 0) is 48.9 Å². The molecule has 0 saturated carbocycles. The average molecular weight is 395 g/mol. The Morgan fingerprint density at radius 1 is 1.04 bits per heavy atom. The maximum Gasteiger partial charge on any atom is 0.268 e. The van der Waals surface area contributed by atoms with Crippen molar-refractivity contribution in [2.75, 3.05) is 0 Å². The summed E-state index contributed by atoms with van der Waals surface area (Å²) in [6, 6.07) is 17.6. The predicted octanol–water partition coefficient (Wildman–Crippen LogP) is 4.33. The molecule has 0 aliphatic carbocycles. The third-order valence-electron chi connectivity index (χ3n) is 4.00. The van der Waals surface area contributed by atoms with Crippen LogP contribution in [-0.2, 0) is 11.3 Å². The number of rotatable bonds is 6. The minimum atomic E-state index is -0.424. The summed E-state index contributed by atoms with van der Waals surface area (Å²) in [5, 5.41) is 6.08. The molecule has 1 heterocycles. The van der Waals surface area contributed by atoms with E-state index < -0.39 is 5.91 Å². The van der Waals surface area contributed by atoms with Gasteiger partial charge in [0, 0.05) is 23.2 Å². The average Bonchev–Trinajstić information content (AvgIpc) is 3.20. The van der Waals surface area contributed by atoms with E-state index in [-0.39, 0.29) is 11.6 Å². The zero-order valence-electron chi connectivity index (χ0n) is 15.2. The zero-order chi connectivity index (χ0) is 19.9. The molecule has 5 nitrogen and oxygen atoms in total. The smallest absolute Gasteiger partial charge is 0.268 e. The number of benzene rings is 2. The van der Waals surface area contributed by atoms with Crippen LogP contribution in [0.2, 0.25) is 5.02 Å². The fourth-order valence-electron chi connectivity index (χ4n) is 2.45. The predicted molar refractivity (Wildman–Crippen MR) is 109 cm³/mol. The molecule has 0 aliphatic rings. The van der Waals surface area contributed by atoms with Crippen LogP contribution in [0, 0.1) is 6.92 Å². The Morgan fingerprint density at radius 2 is 1.75 bits per heavy atom. The lowest BCUT2D eigenvalue weighted by molar-refractivity contribution is -0.117. The van der Waals surface area contributed by atoms with Crippen molar-refractivity contribution < 1.29 is 14.0 Å². The number of hydrogen-bond acceptors (Lipinski definition) is 3. The first-order valence-electron chi connectivity index (χ1n) is 8.67. The van der Waals surface area contributed by atoms with Crippen molar-refractivity contribution in [2.24, 2.45) is 0 Å². The Kier molecular flexibility index (Phi) is 6.29. The maximum atomic E-state index is 12.7. The number of aryl methyl sites for hydroxylation is 1. The van der Waals surface area contributed by atoms with E-state index in [0.717, 1.165) is 11.1 Å². The third kappa shape index (κ3) is 5.34. The van der Waals surface area contributed by atoms with E-state index in [1.807, 2.05) is 31.2 Å². The van der Waals surface area contributed by atoms with Crippen LogP contribution in [-0.4, -0.2) is 11.8 Å². The Balaban J connectivity index is 1.74. The van der Waals surface area contributed by atoms with Crippen molar-refractivity contribution in [1.82, 2.24) is 10.6 Å². The van der Waals surface area contributed by atoms with Crippen molar-refractivity contribution in [3.63, 3.8) is 0 Å². The molecule has 0 atom stereocenters. The number of nitrogens with one attached hydrogen (secondary N) is 2. The molecule has 0 unspecified atom stereocenters. The standard InChI is InChI=1S/C22H19ClN2O3/c1-15-4-8-17(9-5-15)21(26)25-20(13-19-3-2-12-28-19)22(27)24-14-16-6-10-18(23)11-7-16/h2-13H,14H2,1H3,(H,24,27)(H,25,26)/b20-13-. The van der Waals surface area contributed by atoms with Gasteiger partial charge < -0.3 is 15.1 Å². The molecule has 0 bridgehead atoms. The fourth-order valence-corrected chi connectivity index (χ4v) is 2.58. The molecule has 0 aliphatic heterocycles. The van der Waals surface area contributed by atoms with E-state index in [2.05, 4.69) is 10.6 Å². The highest BCUT2D eigenvalue weighted by molar-refractivity contribution is 6.30. The van der Waals surface area contributed by atoms with Crippen LogP contribution in [0.5, 0.6) is 0 Å². The minimum Gasteiger partial charge on any atom is -0.465 e. The first kappa shape index (κ1) is 19.5. The lowest BCUT2D eigenvalue weighted by atomic mass is 10.1. The topological polar surface area (TPSA) is 71.3 Å². The van der Waals surface area contributed by atoms with E-state index >= 15 is 0 Å². The van der Waals surface area contributed by atoms with Gasteiger partial charge in [0.2, 0.25) is 0 Å². The largest absolute Gasteiger partial charge is 0.465 e. The Hall–Kier alpha value is -3.31. The number of amides is 2. The molecule has 6 heteroatoms. The third-order valence-corrected chi connectivity index (χ3v) is 4.25. The van der Waals surface area contributed by atoms with E-state index in [4.69, 9.17) is 16.0 Å². The number of furan rings is 1. The Labute approximate surface area is 168 Å². The lowest BCUT2D eigenvalue weighted by Gasteiger charge is -2.11. The zero-order valence-corrected chi connectivity index (χ0v) is 16.0. The quantitative estimate of drug-likeness (QED) is 0.611. The highest BCUT2D eigenvalue weighted by Gasteiger charge is 2.15. The van der Waals surface area contributed by atoms with E-state index in [9.17, 15) is 9.59 Å². The SMILES string of the molecule is Cc1ccc(C(=O)N/C(=C\c2ccco2)C(=O)NCc2ccc(Cl)cc2)cc1. The summed E-state index contributed by atoms with van der Waals surface area (Å²) in [4.78, 5) is 25.2. The molecule has 2 aromatic carbocycles. The van der Waals surface area contributed by atoms with Crippen molar-refractivity contribution in [1.29, 1.82) is 0 Å². The summed E-state index contributed by atoms with van der Waals surface area (Å²) in [5.41, 5.74) is 2.49. The second kappa shape index (κ2) is 9.06. The van der Waals surface area contributed by atoms with Gasteiger partial charge in [-0.2, -0.15) is 0 Å². The Morgan fingerprint density at radius 3 is 2.39 bits per heavy atom. The summed E-state index contributed by atoms with van der Waals surface area (Å²) in [6.45, 7) is 2.24. The van der Waals surface area contributed by atoms with Gasteiger partial charge in [0.1, 0.15) is 11.5 Å². The van der Waals surface area contributed by atoms with Crippen LogP contribution in [0.15, 0.2) is 77.0 Å². The van der Waals surface area contributed by atoms with Crippen molar-refractivity contribution in [3.8, 4) is 0 Å². The number of carbonyl (C=O) groups is 2. The van der Waals surface area contributed by atoms with Crippen LogP contribution >= 0.6 is 11.6 Å². The number of hydrogen-bond donors (Lipinski definition) is 2. The summed E-state index contributed by atoms with van der Waals surface area (Å²) < 4.78 is 5.27. The molecule has 0 spiro atoms. The second-order valence-corrected chi connectivity index (χ2v) is 6.64. The number of carbonyl (C=O) groups excluding carboxylic acids is 2. The molecule has 0 radical (unpaired) electrons. The molecule has 142 valence electrons. The van der Waals surface area contributed by atoms with Gasteiger partial charge in [-0.3, -0.25) is 9.59 Å².